The van der Waals surface area contributed by atoms with Gasteiger partial charge in [0, 0.05) is 44.3 Å². The van der Waals surface area contributed by atoms with E-state index in [9.17, 15) is 0 Å². The van der Waals surface area contributed by atoms with Gasteiger partial charge in [-0.2, -0.15) is 0 Å². The van der Waals surface area contributed by atoms with Gasteiger partial charge in [0.25, 0.3) is 6.47 Å². The van der Waals surface area contributed by atoms with E-state index in [1.54, 1.807) is 0 Å². The topological polar surface area (TPSA) is 82.7 Å². The van der Waals surface area contributed by atoms with Crippen LogP contribution in [0.5, 0.6) is 0 Å². The SMILES string of the molecule is O=CO.c1ccc2oc(CN3CCN(c4ccncc4)CC3)nc2c1. The summed E-state index contributed by atoms with van der Waals surface area (Å²) >= 11 is 0. The number of carbonyl (C=O) groups is 1. The second kappa shape index (κ2) is 8.25. The molecule has 3 heterocycles. The molecule has 2 aromatic heterocycles. The number of nitrogens with zero attached hydrogens (tertiary/aromatic N) is 4. The van der Waals surface area contributed by atoms with Gasteiger partial charge in [-0.05, 0) is 24.3 Å². The van der Waals surface area contributed by atoms with Crippen LogP contribution in [0.2, 0.25) is 0 Å². The van der Waals surface area contributed by atoms with Crippen molar-refractivity contribution in [2.45, 2.75) is 6.54 Å². The van der Waals surface area contributed by atoms with Crippen LogP contribution in [0.4, 0.5) is 5.69 Å². The largest absolute Gasteiger partial charge is 0.483 e. The van der Waals surface area contributed by atoms with E-state index in [1.165, 1.54) is 5.69 Å². The van der Waals surface area contributed by atoms with Crippen molar-refractivity contribution in [3.8, 4) is 0 Å². The Bertz CT molecular complexity index is 765. The van der Waals surface area contributed by atoms with Gasteiger partial charge in [-0.3, -0.25) is 14.7 Å². The highest BCUT2D eigenvalue weighted by Crippen LogP contribution is 2.18. The third-order valence-electron chi connectivity index (χ3n) is 4.10. The lowest BCUT2D eigenvalue weighted by Gasteiger charge is -2.35. The Labute approximate surface area is 145 Å². The minimum Gasteiger partial charge on any atom is -0.483 e. The predicted molar refractivity (Wildman–Crippen MR) is 94.4 cm³/mol. The summed E-state index contributed by atoms with van der Waals surface area (Å²) in [6.45, 7) is 4.59. The molecule has 0 atom stereocenters. The zero-order valence-electron chi connectivity index (χ0n) is 13.8. The Balaban J connectivity index is 0.000000569. The molecule has 1 aromatic carbocycles. The summed E-state index contributed by atoms with van der Waals surface area (Å²) in [6.07, 6.45) is 3.69. The third-order valence-corrected chi connectivity index (χ3v) is 4.10. The van der Waals surface area contributed by atoms with Crippen LogP contribution >= 0.6 is 0 Å². The molecule has 25 heavy (non-hydrogen) atoms. The Morgan fingerprint density at radius 3 is 2.44 bits per heavy atom. The molecule has 1 aliphatic heterocycles. The summed E-state index contributed by atoms with van der Waals surface area (Å²) < 4.78 is 5.81. The number of hydrogen-bond acceptors (Lipinski definition) is 6. The maximum Gasteiger partial charge on any atom is 0.290 e. The van der Waals surface area contributed by atoms with Gasteiger partial charge >= 0.3 is 0 Å². The van der Waals surface area contributed by atoms with Crippen LogP contribution in [0.15, 0.2) is 53.2 Å². The first kappa shape index (κ1) is 16.9. The standard InChI is InChI=1S/C17H18N4O.CH2O2/c1-2-4-16-15(3-1)19-17(22-16)13-20-9-11-21(12-10-20)14-5-7-18-8-6-14;2-1-3/h1-8H,9-13H2;1H,(H,2,3). The summed E-state index contributed by atoms with van der Waals surface area (Å²) in [7, 11) is 0. The number of aromatic nitrogens is 2. The molecule has 4 rings (SSSR count). The van der Waals surface area contributed by atoms with Gasteiger partial charge < -0.3 is 14.4 Å². The molecule has 1 aliphatic rings. The van der Waals surface area contributed by atoms with E-state index in [1.807, 2.05) is 36.7 Å². The number of benzene rings is 1. The zero-order valence-corrected chi connectivity index (χ0v) is 13.8. The zero-order chi connectivity index (χ0) is 17.5. The number of anilines is 1. The van der Waals surface area contributed by atoms with Crippen LogP contribution in [0.1, 0.15) is 5.89 Å². The normalized spacial score (nSPS) is 14.8. The van der Waals surface area contributed by atoms with E-state index in [4.69, 9.17) is 14.3 Å². The highest BCUT2D eigenvalue weighted by molar-refractivity contribution is 5.72. The molecule has 7 nitrogen and oxygen atoms in total. The van der Waals surface area contributed by atoms with Gasteiger partial charge in [0.2, 0.25) is 5.89 Å². The minimum atomic E-state index is -0.250. The highest BCUT2D eigenvalue weighted by Gasteiger charge is 2.19. The fourth-order valence-corrected chi connectivity index (χ4v) is 2.90. The molecular formula is C18H20N4O3. The quantitative estimate of drug-likeness (QED) is 0.732. The van der Waals surface area contributed by atoms with E-state index >= 15 is 0 Å². The van der Waals surface area contributed by atoms with Gasteiger partial charge in [0.05, 0.1) is 6.54 Å². The van der Waals surface area contributed by atoms with Crippen LogP contribution in [-0.2, 0) is 11.3 Å². The summed E-state index contributed by atoms with van der Waals surface area (Å²) in [4.78, 5) is 21.8. The third kappa shape index (κ3) is 4.33. The lowest BCUT2D eigenvalue weighted by atomic mass is 10.2. The molecule has 0 saturated carbocycles. The second-order valence-corrected chi connectivity index (χ2v) is 5.65. The van der Waals surface area contributed by atoms with Crippen molar-refractivity contribution in [2.75, 3.05) is 31.1 Å². The van der Waals surface area contributed by atoms with Crippen molar-refractivity contribution in [1.82, 2.24) is 14.9 Å². The number of hydrogen-bond donors (Lipinski definition) is 1. The van der Waals surface area contributed by atoms with Crippen LogP contribution < -0.4 is 4.90 Å². The van der Waals surface area contributed by atoms with Crippen LogP contribution in [0.3, 0.4) is 0 Å². The molecule has 0 radical (unpaired) electrons. The van der Waals surface area contributed by atoms with E-state index < -0.39 is 0 Å². The van der Waals surface area contributed by atoms with Gasteiger partial charge in [-0.1, -0.05) is 12.1 Å². The number of para-hydroxylation sites is 2. The first-order valence-electron chi connectivity index (χ1n) is 8.10. The van der Waals surface area contributed by atoms with Gasteiger partial charge in [-0.25, -0.2) is 4.98 Å². The molecule has 1 fully saturated rings. The molecule has 3 aromatic rings. The number of rotatable bonds is 3. The summed E-state index contributed by atoms with van der Waals surface area (Å²) in [5.74, 6) is 0.804. The van der Waals surface area contributed by atoms with Crippen molar-refractivity contribution < 1.29 is 14.3 Å². The predicted octanol–water partition coefficient (Wildman–Crippen LogP) is 2.25. The maximum absolute atomic E-state index is 8.36. The molecule has 0 aliphatic carbocycles. The molecule has 0 bridgehead atoms. The Hall–Kier alpha value is -2.93. The van der Waals surface area contributed by atoms with Crippen molar-refractivity contribution in [3.05, 3.63) is 54.7 Å². The summed E-state index contributed by atoms with van der Waals surface area (Å²) in [6, 6.07) is 12.1. The van der Waals surface area contributed by atoms with Crippen LogP contribution in [0, 0.1) is 0 Å². The number of fused-ring (bicyclic) bond motifs is 1. The van der Waals surface area contributed by atoms with Crippen molar-refractivity contribution in [1.29, 1.82) is 0 Å². The van der Waals surface area contributed by atoms with E-state index in [0.29, 0.717) is 0 Å². The molecular weight excluding hydrogens is 320 g/mol. The molecule has 7 heteroatoms. The lowest BCUT2D eigenvalue weighted by molar-refractivity contribution is -0.122. The monoisotopic (exact) mass is 340 g/mol. The molecule has 0 unspecified atom stereocenters. The maximum atomic E-state index is 8.36. The van der Waals surface area contributed by atoms with Crippen LogP contribution in [0.25, 0.3) is 11.1 Å². The number of oxazole rings is 1. The Kier molecular flexibility index (Phi) is 5.58. The van der Waals surface area contributed by atoms with Crippen molar-refractivity contribution in [3.63, 3.8) is 0 Å². The first-order chi connectivity index (χ1) is 12.3. The highest BCUT2D eigenvalue weighted by atomic mass is 16.4. The van der Waals surface area contributed by atoms with E-state index in [2.05, 4.69) is 31.9 Å². The van der Waals surface area contributed by atoms with Gasteiger partial charge in [-0.15, -0.1) is 0 Å². The number of piperazine rings is 1. The number of pyridine rings is 1. The smallest absolute Gasteiger partial charge is 0.290 e. The summed E-state index contributed by atoms with van der Waals surface area (Å²) in [5, 5.41) is 6.89. The molecule has 1 saturated heterocycles. The minimum absolute atomic E-state index is 0.250. The van der Waals surface area contributed by atoms with E-state index in [0.717, 1.165) is 49.7 Å². The first-order valence-corrected chi connectivity index (χ1v) is 8.10. The molecule has 1 N–H and O–H groups in total. The van der Waals surface area contributed by atoms with Crippen molar-refractivity contribution in [2.24, 2.45) is 0 Å². The molecule has 0 amide bonds. The number of carboxylic acid groups (broad SMARTS) is 1. The van der Waals surface area contributed by atoms with Gasteiger partial charge in [0.1, 0.15) is 5.52 Å². The second-order valence-electron chi connectivity index (χ2n) is 5.65. The summed E-state index contributed by atoms with van der Waals surface area (Å²) in [5.41, 5.74) is 3.05. The van der Waals surface area contributed by atoms with Crippen molar-refractivity contribution >= 4 is 23.3 Å². The lowest BCUT2D eigenvalue weighted by Crippen LogP contribution is -2.46. The van der Waals surface area contributed by atoms with Gasteiger partial charge in [0.15, 0.2) is 5.58 Å². The van der Waals surface area contributed by atoms with E-state index in [-0.39, 0.29) is 6.47 Å². The Morgan fingerprint density at radius 2 is 1.76 bits per heavy atom. The average Bonchev–Trinajstić information content (AvgIpc) is 3.06. The average molecular weight is 340 g/mol. The molecule has 0 spiro atoms. The fraction of sp³-hybridized carbons (Fsp3) is 0.278. The fourth-order valence-electron chi connectivity index (χ4n) is 2.90. The Morgan fingerprint density at radius 1 is 1.08 bits per heavy atom. The molecule has 130 valence electrons. The van der Waals surface area contributed by atoms with Crippen LogP contribution in [-0.4, -0.2) is 52.6 Å².